The van der Waals surface area contributed by atoms with Crippen LogP contribution in [0.15, 0.2) is 42.7 Å². The monoisotopic (exact) mass is 662 g/mol. The number of methoxy groups -OCH3 is 1. The number of carbonyl (C=O) groups excluding carboxylic acids is 1. The molecule has 10 nitrogen and oxygen atoms in total. The van der Waals surface area contributed by atoms with E-state index in [0.29, 0.717) is 52.4 Å². The summed E-state index contributed by atoms with van der Waals surface area (Å²) in [5.74, 6) is 1.68. The van der Waals surface area contributed by atoms with Gasteiger partial charge in [0, 0.05) is 53.5 Å². The van der Waals surface area contributed by atoms with Crippen LogP contribution in [0.25, 0.3) is 10.9 Å². The van der Waals surface area contributed by atoms with Gasteiger partial charge in [-0.15, -0.1) is 0 Å². The number of amides is 1. The van der Waals surface area contributed by atoms with Crippen LogP contribution in [-0.4, -0.2) is 63.8 Å². The predicted octanol–water partition coefficient (Wildman–Crippen LogP) is 7.46. The lowest BCUT2D eigenvalue weighted by Gasteiger charge is -2.46. The second-order valence-electron chi connectivity index (χ2n) is 14.3. The summed E-state index contributed by atoms with van der Waals surface area (Å²) in [6.07, 6.45) is 4.66. The van der Waals surface area contributed by atoms with Gasteiger partial charge in [-0.1, -0.05) is 41.5 Å². The minimum Gasteiger partial charge on any atom is -0.493 e. The second-order valence-corrected chi connectivity index (χ2v) is 14.3. The Labute approximate surface area is 281 Å². The maximum atomic E-state index is 13.5. The number of halogens is 2. The van der Waals surface area contributed by atoms with Gasteiger partial charge in [-0.25, -0.2) is 18.7 Å². The molecule has 1 atom stereocenters. The van der Waals surface area contributed by atoms with Gasteiger partial charge < -0.3 is 20.1 Å². The largest absolute Gasteiger partial charge is 0.493 e. The van der Waals surface area contributed by atoms with E-state index in [4.69, 9.17) is 9.47 Å². The summed E-state index contributed by atoms with van der Waals surface area (Å²) in [5.41, 5.74) is 1.46. The molecule has 0 aliphatic carbocycles. The van der Waals surface area contributed by atoms with Crippen molar-refractivity contribution in [2.24, 2.45) is 10.8 Å². The van der Waals surface area contributed by atoms with Crippen LogP contribution in [0.3, 0.4) is 0 Å². The zero-order valence-corrected chi connectivity index (χ0v) is 28.8. The summed E-state index contributed by atoms with van der Waals surface area (Å²) in [6.45, 7) is 16.6. The van der Waals surface area contributed by atoms with Crippen molar-refractivity contribution in [3.8, 4) is 11.5 Å². The molecule has 3 N–H and O–H groups in total. The number of fused-ring (bicyclic) bond motifs is 1. The molecule has 0 saturated carbocycles. The number of H-pyrrole nitrogens is 1. The van der Waals surface area contributed by atoms with Crippen LogP contribution in [0.2, 0.25) is 0 Å². The van der Waals surface area contributed by atoms with Crippen molar-refractivity contribution in [3.05, 3.63) is 66.0 Å². The number of hydrogen-bond acceptors (Lipinski definition) is 8. The van der Waals surface area contributed by atoms with Crippen molar-refractivity contribution >= 4 is 34.1 Å². The summed E-state index contributed by atoms with van der Waals surface area (Å²) >= 11 is 0. The number of ether oxygens (including phenoxy) is 2. The van der Waals surface area contributed by atoms with Gasteiger partial charge in [0.25, 0.3) is 0 Å². The van der Waals surface area contributed by atoms with Gasteiger partial charge in [-0.05, 0) is 54.8 Å². The lowest BCUT2D eigenvalue weighted by atomic mass is 9.63. The van der Waals surface area contributed by atoms with Crippen molar-refractivity contribution in [3.63, 3.8) is 0 Å². The van der Waals surface area contributed by atoms with E-state index >= 15 is 0 Å². The second kappa shape index (κ2) is 14.4. The van der Waals surface area contributed by atoms with Gasteiger partial charge in [0.2, 0.25) is 5.91 Å². The van der Waals surface area contributed by atoms with Crippen LogP contribution in [0.1, 0.15) is 66.5 Å². The number of benzene rings is 2. The molecule has 48 heavy (non-hydrogen) atoms. The molecule has 1 aliphatic rings. The molecule has 2 aromatic heterocycles. The van der Waals surface area contributed by atoms with E-state index in [1.165, 1.54) is 19.2 Å². The molecule has 2 aromatic carbocycles. The quantitative estimate of drug-likeness (QED) is 0.134. The number of rotatable bonds is 12. The van der Waals surface area contributed by atoms with Gasteiger partial charge in [-0.2, -0.15) is 5.10 Å². The average molecular weight is 663 g/mol. The molecule has 0 spiro atoms. The first kappa shape index (κ1) is 35.0. The van der Waals surface area contributed by atoms with E-state index in [1.807, 2.05) is 12.1 Å². The standard InChI is InChI=1S/C36H46F2N7O3/c1-35(2,3)33(36(4,5)6)28-10-8-11-45(28)12-9-13-48-30-20-27-26(19-29(30)47-7)34(40-21-39-27)42-31-17-25(43-44-31)18-32(46)41-24-15-22(37)14-23(38)16-24/h14-17,19-21,28H,8-13,18H2,1-7H3,(H,41,46)(H2,39,40,42,43,44)/t28-/m1/s1. The highest BCUT2D eigenvalue weighted by Crippen LogP contribution is 2.48. The highest BCUT2D eigenvalue weighted by atomic mass is 19.1. The van der Waals surface area contributed by atoms with Crippen molar-refractivity contribution in [1.29, 1.82) is 0 Å². The van der Waals surface area contributed by atoms with Crippen LogP contribution in [0.5, 0.6) is 11.5 Å². The maximum absolute atomic E-state index is 13.5. The third-order valence-corrected chi connectivity index (χ3v) is 8.46. The minimum atomic E-state index is -0.776. The van der Waals surface area contributed by atoms with Gasteiger partial charge in [-0.3, -0.25) is 14.8 Å². The Balaban J connectivity index is 1.21. The molecule has 3 heterocycles. The Morgan fingerprint density at radius 1 is 1.00 bits per heavy atom. The summed E-state index contributed by atoms with van der Waals surface area (Å²) in [6, 6.07) is 8.65. The van der Waals surface area contributed by atoms with Crippen LogP contribution >= 0.6 is 0 Å². The van der Waals surface area contributed by atoms with E-state index < -0.39 is 17.5 Å². The molecular formula is C36H46F2N7O3. The summed E-state index contributed by atoms with van der Waals surface area (Å²) in [5, 5.41) is 13.4. The third kappa shape index (κ3) is 8.58. The Bertz CT molecular complexity index is 1700. The molecular weight excluding hydrogens is 616 g/mol. The molecule has 4 aromatic rings. The molecule has 1 fully saturated rings. The third-order valence-electron chi connectivity index (χ3n) is 8.46. The minimum absolute atomic E-state index is 0.0322. The Hall–Kier alpha value is -4.32. The van der Waals surface area contributed by atoms with E-state index in [9.17, 15) is 13.6 Å². The number of nitrogens with one attached hydrogen (secondary N) is 3. The number of aromatic amines is 1. The zero-order valence-electron chi connectivity index (χ0n) is 28.8. The van der Waals surface area contributed by atoms with E-state index in [2.05, 4.69) is 77.2 Å². The molecule has 1 saturated heterocycles. The average Bonchev–Trinajstić information content (AvgIpc) is 3.62. The van der Waals surface area contributed by atoms with Crippen molar-refractivity contribution in [1.82, 2.24) is 25.1 Å². The van der Waals surface area contributed by atoms with Crippen LogP contribution < -0.4 is 20.1 Å². The van der Waals surface area contributed by atoms with Gasteiger partial charge in [0.1, 0.15) is 23.8 Å². The first-order chi connectivity index (χ1) is 22.7. The first-order valence-electron chi connectivity index (χ1n) is 16.4. The maximum Gasteiger partial charge on any atom is 0.230 e. The molecule has 12 heteroatoms. The Morgan fingerprint density at radius 2 is 1.73 bits per heavy atom. The van der Waals surface area contributed by atoms with Crippen LogP contribution in [0.4, 0.5) is 26.1 Å². The first-order valence-corrected chi connectivity index (χ1v) is 16.4. The predicted molar refractivity (Wildman–Crippen MR) is 184 cm³/mol. The van der Waals surface area contributed by atoms with E-state index in [1.54, 1.807) is 19.1 Å². The Kier molecular flexibility index (Phi) is 10.5. The van der Waals surface area contributed by atoms with Crippen molar-refractivity contribution < 1.29 is 23.0 Å². The lowest BCUT2D eigenvalue weighted by Crippen LogP contribution is -2.46. The number of hydrogen-bond donors (Lipinski definition) is 3. The van der Waals surface area contributed by atoms with Gasteiger partial charge in [0.15, 0.2) is 17.3 Å². The number of anilines is 3. The normalized spacial score (nSPS) is 15.7. The molecule has 5 rings (SSSR count). The number of carbonyl (C=O) groups is 1. The summed E-state index contributed by atoms with van der Waals surface area (Å²) in [4.78, 5) is 23.9. The topological polar surface area (TPSA) is 117 Å². The highest BCUT2D eigenvalue weighted by molar-refractivity contribution is 5.93. The molecule has 0 bridgehead atoms. The Morgan fingerprint density at radius 3 is 2.42 bits per heavy atom. The number of nitrogens with zero attached hydrogens (tertiary/aromatic N) is 4. The zero-order chi connectivity index (χ0) is 34.6. The molecule has 257 valence electrons. The smallest absolute Gasteiger partial charge is 0.230 e. The van der Waals surface area contributed by atoms with E-state index in [0.717, 1.165) is 37.7 Å². The lowest BCUT2D eigenvalue weighted by molar-refractivity contribution is -0.115. The van der Waals surface area contributed by atoms with Crippen molar-refractivity contribution in [2.75, 3.05) is 37.4 Å². The molecule has 0 unspecified atom stereocenters. The fraction of sp³-hybridized carbons (Fsp3) is 0.472. The van der Waals surface area contributed by atoms with Crippen LogP contribution in [-0.2, 0) is 11.2 Å². The fourth-order valence-electron chi connectivity index (χ4n) is 7.07. The number of likely N-dealkylation sites (tertiary alicyclic amines) is 1. The van der Waals surface area contributed by atoms with Gasteiger partial charge in [0.05, 0.1) is 25.7 Å². The summed E-state index contributed by atoms with van der Waals surface area (Å²) in [7, 11) is 1.60. The summed E-state index contributed by atoms with van der Waals surface area (Å²) < 4.78 is 38.9. The fourth-order valence-corrected chi connectivity index (χ4v) is 7.07. The number of aromatic nitrogens is 4. The van der Waals surface area contributed by atoms with Crippen molar-refractivity contribution in [2.45, 2.75) is 73.3 Å². The van der Waals surface area contributed by atoms with E-state index in [-0.39, 0.29) is 22.9 Å². The highest BCUT2D eigenvalue weighted by Gasteiger charge is 2.44. The molecule has 1 aliphatic heterocycles. The van der Waals surface area contributed by atoms with Gasteiger partial charge >= 0.3 is 0 Å². The van der Waals surface area contributed by atoms with Crippen LogP contribution in [0, 0.1) is 28.4 Å². The molecule has 1 radical (unpaired) electrons. The SMILES string of the molecule is COc1cc2c(Nc3cc(CC(=O)Nc4cc(F)cc(F)c4)[nH]n3)ncnc2cc1OCCCN1CCC[C@@H]1[C](C(C)(C)C)C(C)(C)C. The molecule has 1 amide bonds.